The summed E-state index contributed by atoms with van der Waals surface area (Å²) in [4.78, 5) is 41.6. The van der Waals surface area contributed by atoms with Gasteiger partial charge in [-0.15, -0.1) is 0 Å². The minimum absolute atomic E-state index is 0.00353. The molecular weight excluding hydrogens is 689 g/mol. The molecule has 0 aliphatic carbocycles. The van der Waals surface area contributed by atoms with Crippen LogP contribution in [0.1, 0.15) is 44.4 Å². The van der Waals surface area contributed by atoms with Crippen LogP contribution in [0.25, 0.3) is 11.3 Å². The highest BCUT2D eigenvalue weighted by atomic mass is 19.1. The molecule has 288 valence electrons. The Morgan fingerprint density at radius 2 is 1.70 bits per heavy atom. The standard InChI is InChI=1S/C41H52FN7O5/c1-8-48(9-2)39(50)24-30-13-15-34(37(23-30)52-7)45-41(51)54-38-26-35(32-12-10-11-28(5)29(32)6)44-40(46-38)43-31-14-16-36(33(42)25-31)53-22-21-47-17-19-49(20-18-47)27(3)4/h10-16,23,25-27H,8-9,17-22,24H2,1-7H3,(H,45,51)(H,43,44,46). The molecule has 1 aliphatic rings. The zero-order chi connectivity index (χ0) is 38.8. The van der Waals surface area contributed by atoms with E-state index in [0.29, 0.717) is 48.6 Å². The van der Waals surface area contributed by atoms with Crippen LogP contribution in [0.5, 0.6) is 17.4 Å². The van der Waals surface area contributed by atoms with Gasteiger partial charge < -0.3 is 24.4 Å². The molecule has 54 heavy (non-hydrogen) atoms. The van der Waals surface area contributed by atoms with Crippen molar-refractivity contribution in [3.63, 3.8) is 0 Å². The highest BCUT2D eigenvalue weighted by Gasteiger charge is 2.20. The molecule has 12 nitrogen and oxygen atoms in total. The maximum Gasteiger partial charge on any atom is 0.418 e. The molecule has 0 bridgehead atoms. The number of aryl methyl sites for hydroxylation is 1. The molecule has 4 aromatic rings. The van der Waals surface area contributed by atoms with Gasteiger partial charge in [0.15, 0.2) is 11.6 Å². The zero-order valence-electron chi connectivity index (χ0n) is 32.4. The van der Waals surface area contributed by atoms with Gasteiger partial charge in [-0.1, -0.05) is 24.3 Å². The van der Waals surface area contributed by atoms with Gasteiger partial charge in [0, 0.05) is 75.2 Å². The van der Waals surface area contributed by atoms with Crippen molar-refractivity contribution in [2.24, 2.45) is 0 Å². The Hall–Kier alpha value is -5.27. The summed E-state index contributed by atoms with van der Waals surface area (Å²) in [6.45, 7) is 18.6. The number of methoxy groups -OCH3 is 1. The number of benzene rings is 3. The van der Waals surface area contributed by atoms with Crippen molar-refractivity contribution in [3.05, 3.63) is 83.2 Å². The summed E-state index contributed by atoms with van der Waals surface area (Å²) < 4.78 is 32.3. The Morgan fingerprint density at radius 1 is 0.944 bits per heavy atom. The van der Waals surface area contributed by atoms with E-state index in [9.17, 15) is 9.59 Å². The van der Waals surface area contributed by atoms with Gasteiger partial charge in [-0.05, 0) is 82.5 Å². The molecule has 0 saturated carbocycles. The Bertz CT molecular complexity index is 1910. The third-order valence-electron chi connectivity index (χ3n) is 9.74. The van der Waals surface area contributed by atoms with Crippen molar-refractivity contribution in [3.8, 4) is 28.6 Å². The van der Waals surface area contributed by atoms with Crippen molar-refractivity contribution < 1.29 is 28.2 Å². The Morgan fingerprint density at radius 3 is 2.39 bits per heavy atom. The van der Waals surface area contributed by atoms with Crippen LogP contribution in [-0.4, -0.2) is 102 Å². The fourth-order valence-electron chi connectivity index (χ4n) is 6.35. The van der Waals surface area contributed by atoms with Gasteiger partial charge in [-0.2, -0.15) is 4.98 Å². The first-order valence-corrected chi connectivity index (χ1v) is 18.5. The number of halogens is 1. The first-order chi connectivity index (χ1) is 26.0. The SMILES string of the molecule is CCN(CC)C(=O)Cc1ccc(NC(=O)Oc2cc(-c3cccc(C)c3C)nc(Nc3ccc(OCCN4CCN(C(C)C)CC4)c(F)c3)n2)c(OC)c1. The largest absolute Gasteiger partial charge is 0.495 e. The maximum atomic E-state index is 15.2. The lowest BCUT2D eigenvalue weighted by Gasteiger charge is -2.36. The van der Waals surface area contributed by atoms with Crippen molar-refractivity contribution in [1.29, 1.82) is 0 Å². The van der Waals surface area contributed by atoms with Crippen LogP contribution in [0.3, 0.4) is 0 Å². The number of carbonyl (C=O) groups excluding carboxylic acids is 2. The van der Waals surface area contributed by atoms with Crippen LogP contribution in [0.4, 0.5) is 26.5 Å². The predicted octanol–water partition coefficient (Wildman–Crippen LogP) is 7.08. The number of ether oxygens (including phenoxy) is 3. The van der Waals surface area contributed by atoms with Crippen molar-refractivity contribution in [2.45, 2.75) is 54.0 Å². The van der Waals surface area contributed by atoms with E-state index in [4.69, 9.17) is 19.2 Å². The van der Waals surface area contributed by atoms with Crippen LogP contribution in [0.15, 0.2) is 60.7 Å². The molecule has 1 aliphatic heterocycles. The van der Waals surface area contributed by atoms with Crippen LogP contribution in [0.2, 0.25) is 0 Å². The van der Waals surface area contributed by atoms with Gasteiger partial charge in [-0.3, -0.25) is 19.9 Å². The summed E-state index contributed by atoms with van der Waals surface area (Å²) in [7, 11) is 1.48. The third kappa shape index (κ3) is 10.4. The van der Waals surface area contributed by atoms with E-state index >= 15 is 4.39 Å². The lowest BCUT2D eigenvalue weighted by Crippen LogP contribution is -2.49. The Kier molecular flexibility index (Phi) is 13.8. The van der Waals surface area contributed by atoms with Gasteiger partial charge in [0.25, 0.3) is 0 Å². The van der Waals surface area contributed by atoms with E-state index < -0.39 is 11.9 Å². The summed E-state index contributed by atoms with van der Waals surface area (Å²) in [5.74, 6) is 0.0795. The zero-order valence-corrected chi connectivity index (χ0v) is 32.4. The summed E-state index contributed by atoms with van der Waals surface area (Å²) in [5, 5.41) is 5.77. The molecule has 3 aromatic carbocycles. The first-order valence-electron chi connectivity index (χ1n) is 18.5. The molecule has 2 amide bonds. The van der Waals surface area contributed by atoms with Crippen molar-refractivity contribution >= 4 is 29.3 Å². The van der Waals surface area contributed by atoms with E-state index in [1.54, 1.807) is 41.3 Å². The Labute approximate surface area is 317 Å². The molecule has 0 atom stereocenters. The molecule has 1 fully saturated rings. The lowest BCUT2D eigenvalue weighted by molar-refractivity contribution is -0.130. The van der Waals surface area contributed by atoms with Gasteiger partial charge in [0.05, 0.1) is 24.9 Å². The maximum absolute atomic E-state index is 15.2. The first kappa shape index (κ1) is 39.9. The second-order valence-corrected chi connectivity index (χ2v) is 13.5. The van der Waals surface area contributed by atoms with Crippen LogP contribution in [0, 0.1) is 19.7 Å². The molecule has 2 heterocycles. The van der Waals surface area contributed by atoms with E-state index in [2.05, 4.69) is 39.3 Å². The summed E-state index contributed by atoms with van der Waals surface area (Å²) in [5.41, 5.74) is 4.88. The van der Waals surface area contributed by atoms with Gasteiger partial charge in [0.2, 0.25) is 17.7 Å². The van der Waals surface area contributed by atoms with Gasteiger partial charge in [0.1, 0.15) is 12.4 Å². The number of nitrogens with one attached hydrogen (secondary N) is 2. The number of likely N-dealkylation sites (N-methyl/N-ethyl adjacent to an activating group) is 1. The molecule has 5 rings (SSSR count). The number of anilines is 3. The van der Waals surface area contributed by atoms with E-state index in [1.807, 2.05) is 45.9 Å². The van der Waals surface area contributed by atoms with Crippen LogP contribution < -0.4 is 24.8 Å². The molecule has 0 radical (unpaired) electrons. The number of hydrogen-bond donors (Lipinski definition) is 2. The molecule has 0 spiro atoms. The number of carbonyl (C=O) groups is 2. The second-order valence-electron chi connectivity index (χ2n) is 13.5. The molecule has 13 heteroatoms. The second kappa shape index (κ2) is 18.7. The predicted molar refractivity (Wildman–Crippen MR) is 210 cm³/mol. The number of nitrogens with zero attached hydrogens (tertiary/aromatic N) is 5. The molecular formula is C41H52FN7O5. The number of rotatable bonds is 15. The summed E-state index contributed by atoms with van der Waals surface area (Å²) in [6, 6.07) is 17.7. The fraction of sp³-hybridized carbons (Fsp3) is 0.415. The fourth-order valence-corrected chi connectivity index (χ4v) is 6.35. The Balaban J connectivity index is 1.29. The average molecular weight is 742 g/mol. The molecule has 1 saturated heterocycles. The summed E-state index contributed by atoms with van der Waals surface area (Å²) >= 11 is 0. The topological polar surface area (TPSA) is 121 Å². The normalized spacial score (nSPS) is 13.4. The third-order valence-corrected chi connectivity index (χ3v) is 9.74. The highest BCUT2D eigenvalue weighted by Crippen LogP contribution is 2.31. The van der Waals surface area contributed by atoms with Gasteiger partial charge in [-0.25, -0.2) is 14.2 Å². The van der Waals surface area contributed by atoms with E-state index in [0.717, 1.165) is 55.0 Å². The van der Waals surface area contributed by atoms with Crippen LogP contribution in [-0.2, 0) is 11.2 Å². The smallest absolute Gasteiger partial charge is 0.418 e. The average Bonchev–Trinajstić information content (AvgIpc) is 3.14. The lowest BCUT2D eigenvalue weighted by atomic mass is 10.0. The summed E-state index contributed by atoms with van der Waals surface area (Å²) in [6.07, 6.45) is -0.609. The molecule has 2 N–H and O–H groups in total. The van der Waals surface area contributed by atoms with E-state index in [-0.39, 0.29) is 29.9 Å². The number of piperazine rings is 1. The molecule has 1 aromatic heterocycles. The van der Waals surface area contributed by atoms with Crippen molar-refractivity contribution in [2.75, 3.05) is 70.2 Å². The number of hydrogen-bond acceptors (Lipinski definition) is 10. The number of amides is 2. The molecule has 0 unspecified atom stereocenters. The monoisotopic (exact) mass is 741 g/mol. The number of aromatic nitrogens is 2. The highest BCUT2D eigenvalue weighted by molar-refractivity contribution is 5.88. The van der Waals surface area contributed by atoms with Gasteiger partial charge >= 0.3 is 6.09 Å². The van der Waals surface area contributed by atoms with Crippen molar-refractivity contribution in [1.82, 2.24) is 24.7 Å². The minimum Gasteiger partial charge on any atom is -0.495 e. The minimum atomic E-state index is -0.814. The quantitative estimate of drug-likeness (QED) is 0.131. The van der Waals surface area contributed by atoms with Crippen LogP contribution >= 0.6 is 0 Å². The van der Waals surface area contributed by atoms with E-state index in [1.165, 1.54) is 13.2 Å².